The maximum Gasteiger partial charge on any atom is 0.0853 e. The van der Waals surface area contributed by atoms with Gasteiger partial charge in [-0.25, -0.2) is 0 Å². The first-order valence-corrected chi connectivity index (χ1v) is 8.69. The van der Waals surface area contributed by atoms with Crippen LogP contribution in [0.5, 0.6) is 0 Å². The van der Waals surface area contributed by atoms with Crippen LogP contribution in [0.3, 0.4) is 0 Å². The maximum atomic E-state index is 6.19. The van der Waals surface area contributed by atoms with E-state index in [1.165, 1.54) is 0 Å². The van der Waals surface area contributed by atoms with Crippen LogP contribution in [0.15, 0.2) is 12.2 Å². The molecule has 0 unspecified atom stereocenters. The Labute approximate surface area is 132 Å². The predicted molar refractivity (Wildman–Crippen MR) is 84.9 cm³/mol. The monoisotopic (exact) mass is 390 g/mol. The van der Waals surface area contributed by atoms with Crippen molar-refractivity contribution in [1.29, 1.82) is 0 Å². The number of halogens is 2. The molecule has 2 saturated heterocycles. The van der Waals surface area contributed by atoms with Crippen LogP contribution in [0, 0.1) is 12.3 Å². The number of alkyl halides is 2. The smallest absolute Gasteiger partial charge is 0.0853 e. The summed E-state index contributed by atoms with van der Waals surface area (Å²) in [5, 5.41) is 0. The lowest BCUT2D eigenvalue weighted by Crippen LogP contribution is -2.53. The zero-order valence-electron chi connectivity index (χ0n) is 11.1. The van der Waals surface area contributed by atoms with Gasteiger partial charge in [0.15, 0.2) is 0 Å². The molecular weight excluding hydrogens is 372 g/mol. The molecule has 0 aromatic rings. The number of hydrogen-bond donors (Lipinski definition) is 0. The Balaban J connectivity index is 1.95. The fraction of sp³-hybridized carbons (Fsp3) is 0.733. The number of fused-ring (bicyclic) bond motifs is 1. The molecule has 0 aromatic heterocycles. The van der Waals surface area contributed by atoms with Gasteiger partial charge in [-0.05, 0) is 31.8 Å². The SMILES string of the molecule is C#CC=CC[C@H]1O[C@H]2C[C@@H](Br)[C@@H](CC)O[C@H]2C[C@H]1Br. The molecule has 0 radical (unpaired) electrons. The highest BCUT2D eigenvalue weighted by atomic mass is 79.9. The molecule has 4 heteroatoms. The number of allylic oxidation sites excluding steroid dienone is 1. The third kappa shape index (κ3) is 3.85. The normalized spacial score (nSPS) is 42.8. The van der Waals surface area contributed by atoms with Crippen LogP contribution >= 0.6 is 31.9 Å². The average molecular weight is 392 g/mol. The van der Waals surface area contributed by atoms with Gasteiger partial charge < -0.3 is 9.47 Å². The highest BCUT2D eigenvalue weighted by Gasteiger charge is 2.43. The molecule has 0 saturated carbocycles. The van der Waals surface area contributed by atoms with Gasteiger partial charge in [0.1, 0.15) is 0 Å². The Kier molecular flexibility index (Phi) is 5.95. The van der Waals surface area contributed by atoms with Crippen molar-refractivity contribution in [3.05, 3.63) is 12.2 Å². The molecule has 106 valence electrons. The van der Waals surface area contributed by atoms with Crippen molar-refractivity contribution in [2.45, 2.75) is 66.7 Å². The van der Waals surface area contributed by atoms with Gasteiger partial charge in [-0.2, -0.15) is 0 Å². The van der Waals surface area contributed by atoms with Gasteiger partial charge in [0, 0.05) is 9.65 Å². The molecule has 2 rings (SSSR count). The summed E-state index contributed by atoms with van der Waals surface area (Å²) in [6, 6.07) is 0. The minimum absolute atomic E-state index is 0.187. The third-order valence-electron chi connectivity index (χ3n) is 3.82. The minimum atomic E-state index is 0.187. The molecule has 19 heavy (non-hydrogen) atoms. The van der Waals surface area contributed by atoms with E-state index in [0.29, 0.717) is 15.8 Å². The number of hydrogen-bond acceptors (Lipinski definition) is 2. The summed E-state index contributed by atoms with van der Waals surface area (Å²) in [5.41, 5.74) is 0. The van der Waals surface area contributed by atoms with Crippen molar-refractivity contribution in [3.8, 4) is 12.3 Å². The molecule has 2 heterocycles. The summed E-state index contributed by atoms with van der Waals surface area (Å²) in [4.78, 5) is 0.730. The van der Waals surface area contributed by atoms with E-state index >= 15 is 0 Å². The van der Waals surface area contributed by atoms with Gasteiger partial charge in [-0.15, -0.1) is 6.42 Å². The Morgan fingerprint density at radius 1 is 1.16 bits per heavy atom. The van der Waals surface area contributed by atoms with Crippen LogP contribution in [-0.4, -0.2) is 34.1 Å². The molecule has 2 aliphatic heterocycles. The molecule has 6 atom stereocenters. The standard InChI is InChI=1S/C15H20Br2O2/c1-3-5-6-7-13-11(17)9-14-15(19-13)8-10(16)12(4-2)18-14/h1,5-6,10-15H,4,7-9H2,2H3/t10-,11-,12-,13-,14+,15+/m1/s1. The molecule has 0 aromatic carbocycles. The quantitative estimate of drug-likeness (QED) is 0.537. The third-order valence-corrected chi connectivity index (χ3v) is 5.75. The summed E-state index contributed by atoms with van der Waals surface area (Å²) in [7, 11) is 0. The topological polar surface area (TPSA) is 18.5 Å². The summed E-state index contributed by atoms with van der Waals surface area (Å²) < 4.78 is 12.3. The van der Waals surface area contributed by atoms with Crippen molar-refractivity contribution < 1.29 is 9.47 Å². The number of terminal acetylenes is 1. The van der Waals surface area contributed by atoms with E-state index in [1.54, 1.807) is 6.08 Å². The minimum Gasteiger partial charge on any atom is -0.371 e. The summed E-state index contributed by atoms with van der Waals surface area (Å²) in [6.45, 7) is 2.17. The molecule has 0 aliphatic carbocycles. The summed E-state index contributed by atoms with van der Waals surface area (Å²) >= 11 is 7.44. The first-order chi connectivity index (χ1) is 9.15. The first kappa shape index (κ1) is 15.6. The van der Waals surface area contributed by atoms with Gasteiger partial charge in [-0.1, -0.05) is 50.8 Å². The Morgan fingerprint density at radius 2 is 1.74 bits per heavy atom. The zero-order valence-corrected chi connectivity index (χ0v) is 14.3. The van der Waals surface area contributed by atoms with Gasteiger partial charge in [0.05, 0.1) is 24.4 Å². The fourth-order valence-electron chi connectivity index (χ4n) is 2.78. The van der Waals surface area contributed by atoms with E-state index in [9.17, 15) is 0 Å². The Morgan fingerprint density at radius 3 is 2.32 bits per heavy atom. The average Bonchev–Trinajstić information content (AvgIpc) is 2.39. The van der Waals surface area contributed by atoms with E-state index in [0.717, 1.165) is 25.7 Å². The first-order valence-electron chi connectivity index (χ1n) is 6.85. The van der Waals surface area contributed by atoms with Gasteiger partial charge >= 0.3 is 0 Å². The van der Waals surface area contributed by atoms with Gasteiger partial charge in [-0.3, -0.25) is 0 Å². The van der Waals surface area contributed by atoms with Crippen LogP contribution in [0.2, 0.25) is 0 Å². The van der Waals surface area contributed by atoms with Crippen LogP contribution in [0.25, 0.3) is 0 Å². The van der Waals surface area contributed by atoms with Gasteiger partial charge in [0.25, 0.3) is 0 Å². The van der Waals surface area contributed by atoms with Crippen molar-refractivity contribution in [2.75, 3.05) is 0 Å². The van der Waals surface area contributed by atoms with Crippen molar-refractivity contribution >= 4 is 31.9 Å². The molecule has 0 N–H and O–H groups in total. The van der Waals surface area contributed by atoms with E-state index in [1.807, 2.05) is 6.08 Å². The van der Waals surface area contributed by atoms with E-state index in [-0.39, 0.29) is 18.3 Å². The van der Waals surface area contributed by atoms with Crippen LogP contribution in [0.1, 0.15) is 32.6 Å². The fourth-order valence-corrected chi connectivity index (χ4v) is 4.36. The zero-order chi connectivity index (χ0) is 13.8. The lowest BCUT2D eigenvalue weighted by molar-refractivity contribution is -0.180. The lowest BCUT2D eigenvalue weighted by Gasteiger charge is -2.45. The molecular formula is C15H20Br2O2. The predicted octanol–water partition coefficient (Wildman–Crippen LogP) is 3.82. The lowest BCUT2D eigenvalue weighted by atomic mass is 9.91. The number of rotatable bonds is 3. The van der Waals surface area contributed by atoms with Crippen molar-refractivity contribution in [3.63, 3.8) is 0 Å². The molecule has 2 fully saturated rings. The van der Waals surface area contributed by atoms with E-state index in [4.69, 9.17) is 15.9 Å². The van der Waals surface area contributed by atoms with Crippen LogP contribution in [0.4, 0.5) is 0 Å². The number of ether oxygens (including phenoxy) is 2. The van der Waals surface area contributed by atoms with Crippen LogP contribution < -0.4 is 0 Å². The Hall–Kier alpha value is 0.180. The van der Waals surface area contributed by atoms with Crippen molar-refractivity contribution in [2.24, 2.45) is 0 Å². The van der Waals surface area contributed by atoms with E-state index < -0.39 is 0 Å². The molecule has 2 nitrogen and oxygen atoms in total. The van der Waals surface area contributed by atoms with Crippen molar-refractivity contribution in [1.82, 2.24) is 0 Å². The second kappa shape index (κ2) is 7.26. The highest BCUT2D eigenvalue weighted by Crippen LogP contribution is 2.38. The van der Waals surface area contributed by atoms with Crippen LogP contribution in [-0.2, 0) is 9.47 Å². The summed E-state index contributed by atoms with van der Waals surface area (Å²) in [6.07, 6.45) is 13.8. The second-order valence-electron chi connectivity index (χ2n) is 5.14. The second-order valence-corrected chi connectivity index (χ2v) is 7.49. The largest absolute Gasteiger partial charge is 0.371 e. The molecule has 2 aliphatic rings. The van der Waals surface area contributed by atoms with Gasteiger partial charge in [0.2, 0.25) is 0 Å². The van der Waals surface area contributed by atoms with E-state index in [2.05, 4.69) is 44.7 Å². The summed E-state index contributed by atoms with van der Waals surface area (Å²) in [5.74, 6) is 2.52. The Bertz CT molecular complexity index is 364. The molecule has 0 amide bonds. The maximum absolute atomic E-state index is 6.19. The molecule has 0 bridgehead atoms. The molecule has 0 spiro atoms. The highest BCUT2D eigenvalue weighted by molar-refractivity contribution is 9.09.